The third-order valence-electron chi connectivity index (χ3n) is 3.23. The second-order valence-corrected chi connectivity index (χ2v) is 5.59. The number of nitrogens with one attached hydrogen (secondary N) is 1. The third kappa shape index (κ3) is 4.15. The zero-order valence-electron chi connectivity index (χ0n) is 12.9. The number of carbonyl (C=O) groups is 2. The molecule has 6 nitrogen and oxygen atoms in total. The number of carboxylic acids is 1. The molecule has 2 N–H and O–H groups in total. The largest absolute Gasteiger partial charge is 0.480 e. The van der Waals surface area contributed by atoms with Crippen LogP contribution in [0.3, 0.4) is 0 Å². The highest BCUT2D eigenvalue weighted by molar-refractivity contribution is 5.94. The molecule has 2 rings (SSSR count). The van der Waals surface area contributed by atoms with Gasteiger partial charge in [0.25, 0.3) is 5.91 Å². The monoisotopic (exact) mass is 319 g/mol. The lowest BCUT2D eigenvalue weighted by atomic mass is 10.0. The summed E-state index contributed by atoms with van der Waals surface area (Å²) in [6.07, 6.45) is 1.76. The van der Waals surface area contributed by atoms with Crippen LogP contribution in [0, 0.1) is 11.7 Å². The summed E-state index contributed by atoms with van der Waals surface area (Å²) in [6.45, 7) is 3.74. The molecular weight excluding hydrogens is 301 g/mol. The maximum atomic E-state index is 13.7. The molecule has 0 radical (unpaired) electrons. The molecule has 0 aliphatic carbocycles. The first kappa shape index (κ1) is 16.7. The van der Waals surface area contributed by atoms with Crippen molar-refractivity contribution in [1.82, 2.24) is 15.1 Å². The van der Waals surface area contributed by atoms with Gasteiger partial charge in [0.1, 0.15) is 17.5 Å². The third-order valence-corrected chi connectivity index (χ3v) is 3.23. The van der Waals surface area contributed by atoms with E-state index in [1.54, 1.807) is 12.1 Å². The van der Waals surface area contributed by atoms with Gasteiger partial charge in [0.05, 0.1) is 0 Å². The van der Waals surface area contributed by atoms with Crippen LogP contribution < -0.4 is 5.32 Å². The van der Waals surface area contributed by atoms with Crippen LogP contribution >= 0.6 is 0 Å². The van der Waals surface area contributed by atoms with Crippen molar-refractivity contribution in [3.63, 3.8) is 0 Å². The number of hydrogen-bond donors (Lipinski definition) is 2. The van der Waals surface area contributed by atoms with Gasteiger partial charge in [-0.1, -0.05) is 26.0 Å². The average Bonchev–Trinajstić information content (AvgIpc) is 2.96. The van der Waals surface area contributed by atoms with E-state index < -0.39 is 23.7 Å². The van der Waals surface area contributed by atoms with Crippen LogP contribution in [-0.2, 0) is 4.79 Å². The molecule has 0 saturated heterocycles. The summed E-state index contributed by atoms with van der Waals surface area (Å²) < 4.78 is 14.9. The number of amides is 1. The Morgan fingerprint density at radius 2 is 2.00 bits per heavy atom. The summed E-state index contributed by atoms with van der Waals surface area (Å²) in [4.78, 5) is 23.3. The molecule has 23 heavy (non-hydrogen) atoms. The van der Waals surface area contributed by atoms with E-state index in [4.69, 9.17) is 5.11 Å². The summed E-state index contributed by atoms with van der Waals surface area (Å²) in [5.74, 6) is -2.05. The number of carbonyl (C=O) groups excluding carboxylic acids is 1. The SMILES string of the molecule is CC(C)C[C@@H](NC(=O)c1ccn(-c2ccccc2F)n1)C(=O)O. The fourth-order valence-electron chi connectivity index (χ4n) is 2.14. The van der Waals surface area contributed by atoms with Crippen LogP contribution in [0.2, 0.25) is 0 Å². The van der Waals surface area contributed by atoms with Gasteiger partial charge in [-0.2, -0.15) is 5.10 Å². The number of rotatable bonds is 6. The first-order chi connectivity index (χ1) is 10.9. The highest BCUT2D eigenvalue weighted by Crippen LogP contribution is 2.12. The van der Waals surface area contributed by atoms with Crippen molar-refractivity contribution in [1.29, 1.82) is 0 Å². The number of aliphatic carboxylic acids is 1. The number of aromatic nitrogens is 2. The molecule has 0 saturated carbocycles. The Morgan fingerprint density at radius 1 is 1.30 bits per heavy atom. The molecular formula is C16H18FN3O3. The standard InChI is InChI=1S/C16H18FN3O3/c1-10(2)9-13(16(22)23)18-15(21)12-7-8-20(19-12)14-6-4-3-5-11(14)17/h3-8,10,13H,9H2,1-2H3,(H,18,21)(H,22,23)/t13-/m1/s1. The molecule has 0 bridgehead atoms. The van der Waals surface area contributed by atoms with Gasteiger partial charge in [-0.25, -0.2) is 13.9 Å². The van der Waals surface area contributed by atoms with E-state index in [0.29, 0.717) is 6.42 Å². The average molecular weight is 319 g/mol. The van der Waals surface area contributed by atoms with Gasteiger partial charge in [-0.15, -0.1) is 0 Å². The smallest absolute Gasteiger partial charge is 0.326 e. The van der Waals surface area contributed by atoms with Crippen LogP contribution in [0.4, 0.5) is 4.39 Å². The van der Waals surface area contributed by atoms with Crippen molar-refractivity contribution in [2.24, 2.45) is 5.92 Å². The van der Waals surface area contributed by atoms with Crippen LogP contribution in [0.25, 0.3) is 5.69 Å². The first-order valence-electron chi connectivity index (χ1n) is 7.22. The number of benzene rings is 1. The molecule has 0 spiro atoms. The van der Waals surface area contributed by atoms with Gasteiger partial charge in [-0.05, 0) is 30.5 Å². The van der Waals surface area contributed by atoms with Crippen LogP contribution in [-0.4, -0.2) is 32.8 Å². The number of carboxylic acid groups (broad SMARTS) is 1. The lowest BCUT2D eigenvalue weighted by Crippen LogP contribution is -2.41. The highest BCUT2D eigenvalue weighted by Gasteiger charge is 2.23. The first-order valence-corrected chi connectivity index (χ1v) is 7.22. The van der Waals surface area contributed by atoms with Gasteiger partial charge in [-0.3, -0.25) is 4.79 Å². The molecule has 1 aromatic carbocycles. The lowest BCUT2D eigenvalue weighted by Gasteiger charge is -2.15. The minimum absolute atomic E-state index is 0.0308. The van der Waals surface area contributed by atoms with Gasteiger partial charge >= 0.3 is 5.97 Å². The molecule has 7 heteroatoms. The number of nitrogens with zero attached hydrogens (tertiary/aromatic N) is 2. The molecule has 1 heterocycles. The molecule has 2 aromatic rings. The Morgan fingerprint density at radius 3 is 2.61 bits per heavy atom. The van der Waals surface area contributed by atoms with Crippen molar-refractivity contribution in [3.8, 4) is 5.69 Å². The van der Waals surface area contributed by atoms with Crippen molar-refractivity contribution in [3.05, 3.63) is 48.0 Å². The Bertz CT molecular complexity index is 712. The molecule has 0 aliphatic heterocycles. The Labute approximate surface area is 132 Å². The van der Waals surface area contributed by atoms with Crippen molar-refractivity contribution >= 4 is 11.9 Å². The summed E-state index contributed by atoms with van der Waals surface area (Å²) >= 11 is 0. The van der Waals surface area contributed by atoms with E-state index in [2.05, 4.69) is 10.4 Å². The zero-order valence-corrected chi connectivity index (χ0v) is 12.9. The van der Waals surface area contributed by atoms with Crippen LogP contribution in [0.5, 0.6) is 0 Å². The predicted octanol–water partition coefficient (Wildman–Crippen LogP) is 2.24. The molecule has 0 aliphatic rings. The van der Waals surface area contributed by atoms with Crippen molar-refractivity contribution < 1.29 is 19.1 Å². The van der Waals surface area contributed by atoms with Gasteiger partial charge in [0.15, 0.2) is 5.69 Å². The van der Waals surface area contributed by atoms with Gasteiger partial charge in [0, 0.05) is 6.20 Å². The number of halogens is 1. The van der Waals surface area contributed by atoms with Gasteiger partial charge in [0.2, 0.25) is 0 Å². The minimum Gasteiger partial charge on any atom is -0.480 e. The molecule has 0 fully saturated rings. The van der Waals surface area contributed by atoms with E-state index in [1.807, 2.05) is 13.8 Å². The second-order valence-electron chi connectivity index (χ2n) is 5.59. The van der Waals surface area contributed by atoms with Crippen LogP contribution in [0.15, 0.2) is 36.5 Å². The molecule has 0 unspecified atom stereocenters. The molecule has 122 valence electrons. The van der Waals surface area contributed by atoms with E-state index in [0.717, 1.165) is 0 Å². The summed E-state index contributed by atoms with van der Waals surface area (Å²) in [5, 5.41) is 15.6. The number of para-hydroxylation sites is 1. The summed E-state index contributed by atoms with van der Waals surface area (Å²) in [5.41, 5.74) is 0.242. The van der Waals surface area contributed by atoms with E-state index in [1.165, 1.54) is 29.1 Å². The predicted molar refractivity (Wildman–Crippen MR) is 81.9 cm³/mol. The highest BCUT2D eigenvalue weighted by atomic mass is 19.1. The minimum atomic E-state index is -1.10. The Kier molecular flexibility index (Phi) is 5.10. The second kappa shape index (κ2) is 7.04. The van der Waals surface area contributed by atoms with E-state index in [-0.39, 0.29) is 17.3 Å². The maximum absolute atomic E-state index is 13.7. The summed E-state index contributed by atoms with van der Waals surface area (Å²) in [7, 11) is 0. The quantitative estimate of drug-likeness (QED) is 0.855. The van der Waals surface area contributed by atoms with Crippen LogP contribution in [0.1, 0.15) is 30.8 Å². The maximum Gasteiger partial charge on any atom is 0.326 e. The zero-order chi connectivity index (χ0) is 17.0. The normalized spacial score (nSPS) is 12.2. The van der Waals surface area contributed by atoms with Gasteiger partial charge < -0.3 is 10.4 Å². The summed E-state index contributed by atoms with van der Waals surface area (Å²) in [6, 6.07) is 6.46. The molecule has 1 amide bonds. The topological polar surface area (TPSA) is 84.2 Å². The Balaban J connectivity index is 2.15. The fraction of sp³-hybridized carbons (Fsp3) is 0.312. The number of hydrogen-bond acceptors (Lipinski definition) is 3. The van der Waals surface area contributed by atoms with Crippen molar-refractivity contribution in [2.45, 2.75) is 26.3 Å². The Hall–Kier alpha value is -2.70. The van der Waals surface area contributed by atoms with E-state index in [9.17, 15) is 14.0 Å². The fourth-order valence-corrected chi connectivity index (χ4v) is 2.14. The molecule has 1 atom stereocenters. The molecule has 1 aromatic heterocycles. The van der Waals surface area contributed by atoms with Crippen molar-refractivity contribution in [2.75, 3.05) is 0 Å². The lowest BCUT2D eigenvalue weighted by molar-refractivity contribution is -0.139. The van der Waals surface area contributed by atoms with E-state index >= 15 is 0 Å².